The number of rotatable bonds is 16. The van der Waals surface area contributed by atoms with E-state index in [9.17, 15) is 9.59 Å². The number of carbonyl (C=O) groups is 2. The number of esters is 2. The van der Waals surface area contributed by atoms with Crippen molar-refractivity contribution in [2.45, 2.75) is 51.4 Å². The number of hydrogen-bond acceptors (Lipinski definition) is 9. The molecule has 2 aromatic carbocycles. The number of nitrogens with zero attached hydrogens (tertiary/aromatic N) is 2. The maximum absolute atomic E-state index is 12.9. The molecule has 2 rings (SSSR count). The van der Waals surface area contributed by atoms with E-state index in [1.54, 1.807) is 11.8 Å². The molecule has 206 valence electrons. The molecule has 0 spiro atoms. The van der Waals surface area contributed by atoms with Gasteiger partial charge in [-0.2, -0.15) is 24.4 Å². The van der Waals surface area contributed by atoms with Crippen LogP contribution in [0.3, 0.4) is 0 Å². The Labute approximate surface area is 232 Å². The number of fused-ring (bicyclic) bond motifs is 1. The molecule has 0 amide bonds. The van der Waals surface area contributed by atoms with Crippen LogP contribution in [0, 0.1) is 5.92 Å². The van der Waals surface area contributed by atoms with Crippen LogP contribution in [0.2, 0.25) is 0 Å². The Hall–Kier alpha value is -1.62. The molecule has 0 fully saturated rings. The van der Waals surface area contributed by atoms with Crippen molar-refractivity contribution in [3.8, 4) is 0 Å². The second kappa shape index (κ2) is 16.4. The predicted molar refractivity (Wildman–Crippen MR) is 159 cm³/mol. The van der Waals surface area contributed by atoms with Gasteiger partial charge in [0.05, 0.1) is 6.54 Å². The van der Waals surface area contributed by atoms with Gasteiger partial charge in [-0.15, -0.1) is 0 Å². The fraction of sp³-hybridized carbons (Fsp3) is 0.571. The van der Waals surface area contributed by atoms with Crippen molar-refractivity contribution in [3.05, 3.63) is 48.0 Å². The molecule has 0 radical (unpaired) electrons. The minimum Gasteiger partial charge on any atom is -0.391 e. The molecular weight excluding hydrogens is 504 g/mol. The lowest BCUT2D eigenvalue weighted by molar-refractivity contribution is -0.161. The molecule has 0 saturated carbocycles. The van der Waals surface area contributed by atoms with Gasteiger partial charge in [-0.25, -0.2) is 4.79 Å². The summed E-state index contributed by atoms with van der Waals surface area (Å²) in [5.74, 6) is 0.448. The average Bonchev–Trinajstić information content (AvgIpc) is 2.89. The maximum Gasteiger partial charge on any atom is 0.330 e. The van der Waals surface area contributed by atoms with E-state index in [0.29, 0.717) is 37.7 Å². The van der Waals surface area contributed by atoms with Gasteiger partial charge in [-0.05, 0) is 47.7 Å². The van der Waals surface area contributed by atoms with Crippen molar-refractivity contribution in [2.24, 2.45) is 17.4 Å². The Morgan fingerprint density at radius 1 is 1.11 bits per heavy atom. The molecular formula is C28H44N4O3S2. The van der Waals surface area contributed by atoms with E-state index in [4.69, 9.17) is 16.2 Å². The summed E-state index contributed by atoms with van der Waals surface area (Å²) in [7, 11) is 2.07. The fourth-order valence-electron chi connectivity index (χ4n) is 4.48. The quantitative estimate of drug-likeness (QED) is 0.167. The van der Waals surface area contributed by atoms with Crippen LogP contribution in [0.1, 0.15) is 32.3 Å². The summed E-state index contributed by atoms with van der Waals surface area (Å²) in [4.78, 5) is 29.6. The molecule has 7 nitrogen and oxygen atoms in total. The summed E-state index contributed by atoms with van der Waals surface area (Å²) in [5, 5.41) is 2.29. The highest BCUT2D eigenvalue weighted by Gasteiger charge is 2.27. The molecule has 4 N–H and O–H groups in total. The molecule has 0 bridgehead atoms. The minimum absolute atomic E-state index is 0.0103. The Morgan fingerprint density at radius 3 is 2.49 bits per heavy atom. The number of thioether (sulfide) groups is 1. The molecule has 0 aromatic heterocycles. The molecule has 4 atom stereocenters. The molecule has 0 aliphatic heterocycles. The largest absolute Gasteiger partial charge is 0.391 e. The van der Waals surface area contributed by atoms with Gasteiger partial charge in [0.2, 0.25) is 0 Å². The van der Waals surface area contributed by atoms with Crippen LogP contribution in [-0.4, -0.2) is 84.3 Å². The van der Waals surface area contributed by atoms with E-state index in [2.05, 4.69) is 67.6 Å². The van der Waals surface area contributed by atoms with Crippen molar-refractivity contribution in [2.75, 3.05) is 44.4 Å². The minimum atomic E-state index is -0.801. The lowest BCUT2D eigenvalue weighted by atomic mass is 9.96. The Morgan fingerprint density at radius 2 is 1.81 bits per heavy atom. The Kier molecular flexibility index (Phi) is 14.0. The third-order valence-electron chi connectivity index (χ3n) is 6.85. The van der Waals surface area contributed by atoms with Gasteiger partial charge in [0, 0.05) is 37.5 Å². The maximum atomic E-state index is 12.9. The van der Waals surface area contributed by atoms with Crippen molar-refractivity contribution < 1.29 is 14.3 Å². The Balaban J connectivity index is 2.28. The summed E-state index contributed by atoms with van der Waals surface area (Å²) in [6.45, 7) is 6.24. The van der Waals surface area contributed by atoms with Crippen molar-refractivity contribution in [3.63, 3.8) is 0 Å². The predicted octanol–water partition coefficient (Wildman–Crippen LogP) is 3.40. The molecule has 0 heterocycles. The average molecular weight is 549 g/mol. The SMILES string of the molecule is CCC(C)C(CN(CC(=O)OC(=O)[C@@H](N)CCSC)Cc1cccc2ccccc12)N(C)C[C@@H](N)CS. The highest BCUT2D eigenvalue weighted by molar-refractivity contribution is 7.98. The van der Waals surface area contributed by atoms with Crippen LogP contribution in [0.5, 0.6) is 0 Å². The summed E-state index contributed by atoms with van der Waals surface area (Å²) in [6, 6.07) is 13.7. The number of ether oxygens (including phenoxy) is 1. The van der Waals surface area contributed by atoms with Gasteiger partial charge in [0.15, 0.2) is 0 Å². The van der Waals surface area contributed by atoms with Crippen LogP contribution in [0.4, 0.5) is 0 Å². The van der Waals surface area contributed by atoms with E-state index < -0.39 is 18.0 Å². The van der Waals surface area contributed by atoms with Gasteiger partial charge in [0.25, 0.3) is 0 Å². The molecule has 0 aliphatic rings. The fourth-order valence-corrected chi connectivity index (χ4v) is 5.08. The topological polar surface area (TPSA) is 102 Å². The second-order valence-corrected chi connectivity index (χ2v) is 11.2. The molecule has 2 aromatic rings. The van der Waals surface area contributed by atoms with E-state index in [0.717, 1.165) is 28.5 Å². The van der Waals surface area contributed by atoms with E-state index in [-0.39, 0.29) is 18.6 Å². The first kappa shape index (κ1) is 31.6. The number of likely N-dealkylation sites (N-methyl/N-ethyl adjacent to an activating group) is 1. The smallest absolute Gasteiger partial charge is 0.330 e. The first-order valence-corrected chi connectivity index (χ1v) is 15.0. The standard InChI is InChI=1S/C28H44N4O3S2/c1-5-20(2)26(31(3)16-23(29)19-36)17-32(18-27(33)35-28(34)25(30)13-14-37-4)15-22-11-8-10-21-9-6-7-12-24(21)22/h6-12,20,23,25-26,36H,5,13-19,29-30H2,1-4H3/t20?,23-,25+,26?/m1/s1. The second-order valence-electron chi connectivity index (χ2n) is 9.82. The molecule has 9 heteroatoms. The van der Waals surface area contributed by atoms with Crippen LogP contribution in [-0.2, 0) is 20.9 Å². The van der Waals surface area contributed by atoms with Crippen LogP contribution >= 0.6 is 24.4 Å². The summed E-state index contributed by atoms with van der Waals surface area (Å²) < 4.78 is 5.18. The van der Waals surface area contributed by atoms with E-state index >= 15 is 0 Å². The number of nitrogens with two attached hydrogens (primary N) is 2. The summed E-state index contributed by atoms with van der Waals surface area (Å²) in [6.07, 6.45) is 3.40. The number of thiol groups is 1. The van der Waals surface area contributed by atoms with Gasteiger partial charge < -0.3 is 21.1 Å². The van der Waals surface area contributed by atoms with Crippen molar-refractivity contribution in [1.29, 1.82) is 0 Å². The number of hydrogen-bond donors (Lipinski definition) is 3. The van der Waals surface area contributed by atoms with Gasteiger partial charge in [-0.1, -0.05) is 62.7 Å². The first-order valence-electron chi connectivity index (χ1n) is 12.9. The van der Waals surface area contributed by atoms with Crippen molar-refractivity contribution in [1.82, 2.24) is 9.80 Å². The lowest BCUT2D eigenvalue weighted by Gasteiger charge is -2.37. The zero-order valence-corrected chi connectivity index (χ0v) is 24.3. The van der Waals surface area contributed by atoms with E-state index in [1.807, 2.05) is 24.5 Å². The molecule has 0 aliphatic carbocycles. The van der Waals surface area contributed by atoms with Gasteiger partial charge >= 0.3 is 11.9 Å². The highest BCUT2D eigenvalue weighted by Crippen LogP contribution is 2.22. The normalized spacial score (nSPS) is 15.1. The molecule has 2 unspecified atom stereocenters. The lowest BCUT2D eigenvalue weighted by Crippen LogP contribution is -2.50. The summed E-state index contributed by atoms with van der Waals surface area (Å²) in [5.41, 5.74) is 13.3. The molecule has 37 heavy (non-hydrogen) atoms. The van der Waals surface area contributed by atoms with Crippen LogP contribution in [0.15, 0.2) is 42.5 Å². The van der Waals surface area contributed by atoms with Gasteiger partial charge in [-0.3, -0.25) is 9.69 Å². The monoisotopic (exact) mass is 548 g/mol. The van der Waals surface area contributed by atoms with E-state index in [1.165, 1.54) is 0 Å². The third-order valence-corrected chi connectivity index (χ3v) is 7.96. The van der Waals surface area contributed by atoms with Crippen LogP contribution < -0.4 is 11.5 Å². The van der Waals surface area contributed by atoms with Gasteiger partial charge in [0.1, 0.15) is 6.04 Å². The van der Waals surface area contributed by atoms with Crippen molar-refractivity contribution >= 4 is 47.1 Å². The van der Waals surface area contributed by atoms with Crippen LogP contribution in [0.25, 0.3) is 10.8 Å². The number of carbonyl (C=O) groups excluding carboxylic acids is 2. The molecule has 0 saturated heterocycles. The number of benzene rings is 2. The highest BCUT2D eigenvalue weighted by atomic mass is 32.2. The Bertz CT molecular complexity index is 988. The first-order chi connectivity index (χ1) is 17.7. The zero-order chi connectivity index (χ0) is 27.4. The zero-order valence-electron chi connectivity index (χ0n) is 22.6. The third kappa shape index (κ3) is 10.2. The summed E-state index contributed by atoms with van der Waals surface area (Å²) >= 11 is 5.95.